The second kappa shape index (κ2) is 4.14. The Bertz CT molecular complexity index is 365. The van der Waals surface area contributed by atoms with Crippen LogP contribution in [0.3, 0.4) is 0 Å². The predicted octanol–water partition coefficient (Wildman–Crippen LogP) is 0.562. The van der Waals surface area contributed by atoms with Crippen molar-refractivity contribution in [1.82, 2.24) is 20.4 Å². The molecule has 0 saturated carbocycles. The van der Waals surface area contributed by atoms with Crippen molar-refractivity contribution in [3.63, 3.8) is 0 Å². The summed E-state index contributed by atoms with van der Waals surface area (Å²) in [6.45, 7) is 6.11. The van der Waals surface area contributed by atoms with Crippen molar-refractivity contribution in [1.29, 1.82) is 0 Å². The zero-order chi connectivity index (χ0) is 11.0. The van der Waals surface area contributed by atoms with Crippen LogP contribution < -0.4 is 5.32 Å². The van der Waals surface area contributed by atoms with Crippen LogP contribution in [0.1, 0.15) is 24.6 Å². The topological polar surface area (TPSA) is 54.2 Å². The molecule has 5 heteroatoms. The maximum atomic E-state index is 5.19. The Hall–Kier alpha value is -0.940. The second-order valence-electron chi connectivity index (χ2n) is 4.83. The molecule has 2 atom stereocenters. The summed E-state index contributed by atoms with van der Waals surface area (Å²) < 4.78 is 5.19. The summed E-state index contributed by atoms with van der Waals surface area (Å²) in [4.78, 5) is 6.77. The van der Waals surface area contributed by atoms with Gasteiger partial charge in [-0.05, 0) is 38.8 Å². The molecule has 1 N–H and O–H groups in total. The van der Waals surface area contributed by atoms with Gasteiger partial charge in [0.25, 0.3) is 0 Å². The molecule has 2 aliphatic rings. The predicted molar refractivity (Wildman–Crippen MR) is 58.8 cm³/mol. The van der Waals surface area contributed by atoms with Crippen LogP contribution in [0.25, 0.3) is 0 Å². The number of fused-ring (bicyclic) bond motifs is 1. The van der Waals surface area contributed by atoms with E-state index in [1.165, 1.54) is 19.4 Å². The van der Waals surface area contributed by atoms with Gasteiger partial charge < -0.3 is 9.84 Å². The number of nitrogens with zero attached hydrogens (tertiary/aromatic N) is 3. The normalized spacial score (nSPS) is 30.6. The van der Waals surface area contributed by atoms with E-state index in [1.54, 1.807) is 0 Å². The third-order valence-corrected chi connectivity index (χ3v) is 3.70. The van der Waals surface area contributed by atoms with Crippen LogP contribution in [0, 0.1) is 12.8 Å². The molecule has 2 fully saturated rings. The summed E-state index contributed by atoms with van der Waals surface area (Å²) in [5.41, 5.74) is 0. The average Bonchev–Trinajstić information content (AvgIpc) is 2.87. The molecule has 5 nitrogen and oxygen atoms in total. The summed E-state index contributed by atoms with van der Waals surface area (Å²) >= 11 is 0. The molecule has 0 aliphatic carbocycles. The molecule has 3 rings (SSSR count). The summed E-state index contributed by atoms with van der Waals surface area (Å²) in [6.07, 6.45) is 2.65. The Balaban J connectivity index is 1.69. The minimum Gasteiger partial charge on any atom is -0.338 e. The molecule has 2 saturated heterocycles. The molecule has 1 aromatic rings. The molecule has 0 aromatic carbocycles. The monoisotopic (exact) mass is 222 g/mol. The van der Waals surface area contributed by atoms with Gasteiger partial charge in [0.15, 0.2) is 5.82 Å². The lowest BCUT2D eigenvalue weighted by molar-refractivity contribution is 0.104. The lowest BCUT2D eigenvalue weighted by atomic mass is 9.92. The molecule has 0 amide bonds. The van der Waals surface area contributed by atoms with E-state index in [1.807, 2.05) is 6.92 Å². The number of hydrogen-bond donors (Lipinski definition) is 1. The van der Waals surface area contributed by atoms with Crippen LogP contribution in [-0.4, -0.2) is 40.7 Å². The number of nitrogens with one attached hydrogen (secondary N) is 1. The number of hydrogen-bond acceptors (Lipinski definition) is 5. The van der Waals surface area contributed by atoms with E-state index >= 15 is 0 Å². The van der Waals surface area contributed by atoms with E-state index in [-0.39, 0.29) is 0 Å². The van der Waals surface area contributed by atoms with Crippen molar-refractivity contribution in [2.24, 2.45) is 5.92 Å². The number of likely N-dealkylation sites (tertiary alicyclic amines) is 1. The molecule has 0 spiro atoms. The minimum atomic E-state index is 0.668. The summed E-state index contributed by atoms with van der Waals surface area (Å²) in [7, 11) is 0. The lowest BCUT2D eigenvalue weighted by Gasteiger charge is -2.35. The van der Waals surface area contributed by atoms with Gasteiger partial charge in [-0.1, -0.05) is 5.16 Å². The van der Waals surface area contributed by atoms with Crippen LogP contribution in [0.2, 0.25) is 0 Å². The van der Waals surface area contributed by atoms with E-state index in [0.717, 1.165) is 37.3 Å². The first-order chi connectivity index (χ1) is 7.83. The highest BCUT2D eigenvalue weighted by Crippen LogP contribution is 2.27. The fourth-order valence-electron chi connectivity index (χ4n) is 2.94. The first-order valence-corrected chi connectivity index (χ1v) is 6.07. The van der Waals surface area contributed by atoms with E-state index in [2.05, 4.69) is 20.4 Å². The van der Waals surface area contributed by atoms with Gasteiger partial charge in [-0.3, -0.25) is 4.90 Å². The average molecular weight is 222 g/mol. The smallest absolute Gasteiger partial charge is 0.240 e. The third-order valence-electron chi connectivity index (χ3n) is 3.70. The fraction of sp³-hybridized carbons (Fsp3) is 0.818. The van der Waals surface area contributed by atoms with Crippen molar-refractivity contribution in [2.75, 3.05) is 19.6 Å². The molecule has 2 unspecified atom stereocenters. The highest BCUT2D eigenvalue weighted by atomic mass is 16.5. The molecule has 2 aliphatic heterocycles. The zero-order valence-electron chi connectivity index (χ0n) is 9.65. The van der Waals surface area contributed by atoms with Gasteiger partial charge in [0, 0.05) is 12.6 Å². The van der Waals surface area contributed by atoms with Gasteiger partial charge in [0.05, 0.1) is 6.54 Å². The summed E-state index contributed by atoms with van der Waals surface area (Å²) in [6, 6.07) is 0.668. The van der Waals surface area contributed by atoms with Crippen LogP contribution in [0.5, 0.6) is 0 Å². The van der Waals surface area contributed by atoms with E-state index in [0.29, 0.717) is 6.04 Å². The number of piperidine rings is 1. The lowest BCUT2D eigenvalue weighted by Crippen LogP contribution is -2.44. The molecule has 0 bridgehead atoms. The first kappa shape index (κ1) is 10.2. The van der Waals surface area contributed by atoms with Crippen molar-refractivity contribution >= 4 is 0 Å². The van der Waals surface area contributed by atoms with E-state index in [9.17, 15) is 0 Å². The van der Waals surface area contributed by atoms with E-state index < -0.39 is 0 Å². The largest absolute Gasteiger partial charge is 0.338 e. The van der Waals surface area contributed by atoms with Crippen LogP contribution in [0.4, 0.5) is 0 Å². The van der Waals surface area contributed by atoms with Crippen molar-refractivity contribution in [2.45, 2.75) is 32.4 Å². The second-order valence-corrected chi connectivity index (χ2v) is 4.83. The van der Waals surface area contributed by atoms with Gasteiger partial charge in [0.2, 0.25) is 5.89 Å². The zero-order valence-corrected chi connectivity index (χ0v) is 9.65. The van der Waals surface area contributed by atoms with Gasteiger partial charge >= 0.3 is 0 Å². The highest BCUT2D eigenvalue weighted by molar-refractivity contribution is 4.94. The Morgan fingerprint density at radius 2 is 2.44 bits per heavy atom. The molecule has 16 heavy (non-hydrogen) atoms. The maximum absolute atomic E-state index is 5.19. The van der Waals surface area contributed by atoms with Gasteiger partial charge in [-0.25, -0.2) is 0 Å². The number of aromatic nitrogens is 2. The maximum Gasteiger partial charge on any atom is 0.240 e. The Morgan fingerprint density at radius 1 is 1.50 bits per heavy atom. The van der Waals surface area contributed by atoms with Crippen LogP contribution in [-0.2, 0) is 6.54 Å². The molecule has 1 aromatic heterocycles. The molecular formula is C11H18N4O. The van der Waals surface area contributed by atoms with E-state index in [4.69, 9.17) is 4.52 Å². The number of rotatable bonds is 2. The highest BCUT2D eigenvalue weighted by Gasteiger charge is 2.35. The van der Waals surface area contributed by atoms with Crippen molar-refractivity contribution < 1.29 is 4.52 Å². The Morgan fingerprint density at radius 3 is 3.25 bits per heavy atom. The minimum absolute atomic E-state index is 0.668. The van der Waals surface area contributed by atoms with Gasteiger partial charge in [-0.15, -0.1) is 0 Å². The Labute approximate surface area is 95.2 Å². The molecule has 88 valence electrons. The summed E-state index contributed by atoms with van der Waals surface area (Å²) in [5.74, 6) is 2.30. The summed E-state index contributed by atoms with van der Waals surface area (Å²) in [5, 5.41) is 7.32. The number of aryl methyl sites for hydroxylation is 1. The van der Waals surface area contributed by atoms with Crippen LogP contribution in [0.15, 0.2) is 4.52 Å². The van der Waals surface area contributed by atoms with Gasteiger partial charge in [0.1, 0.15) is 0 Å². The van der Waals surface area contributed by atoms with Crippen molar-refractivity contribution in [3.05, 3.63) is 11.7 Å². The van der Waals surface area contributed by atoms with Gasteiger partial charge in [-0.2, -0.15) is 4.98 Å². The SMILES string of the molecule is Cc1noc(CN2CCCC3CNCC32)n1. The molecule has 3 heterocycles. The third kappa shape index (κ3) is 1.85. The molecule has 0 radical (unpaired) electrons. The fourth-order valence-corrected chi connectivity index (χ4v) is 2.94. The van der Waals surface area contributed by atoms with Crippen LogP contribution >= 0.6 is 0 Å². The molecular weight excluding hydrogens is 204 g/mol. The standard InChI is InChI=1S/C11H18N4O/c1-8-13-11(16-14-8)7-15-4-2-3-9-5-12-6-10(9)15/h9-10,12H,2-7H2,1H3. The quantitative estimate of drug-likeness (QED) is 0.792. The van der Waals surface area contributed by atoms with Crippen molar-refractivity contribution in [3.8, 4) is 0 Å². The Kier molecular flexibility index (Phi) is 2.65. The first-order valence-electron chi connectivity index (χ1n) is 6.07.